The highest BCUT2D eigenvalue weighted by atomic mass is 79.9. The molecule has 0 fully saturated rings. The fraction of sp³-hybridized carbons (Fsp3) is 0. The first-order valence-corrected chi connectivity index (χ1v) is 8.87. The molecule has 2 nitrogen and oxygen atoms in total. The molecule has 0 saturated heterocycles. The molecule has 0 unspecified atom stereocenters. The van der Waals surface area contributed by atoms with Crippen molar-refractivity contribution in [3.8, 4) is 0 Å². The molecule has 0 aliphatic carbocycles. The summed E-state index contributed by atoms with van der Waals surface area (Å²) < 4.78 is 4.45. The zero-order valence-corrected chi connectivity index (χ0v) is 14.6. The van der Waals surface area contributed by atoms with Gasteiger partial charge in [0.15, 0.2) is 4.80 Å². The summed E-state index contributed by atoms with van der Waals surface area (Å²) in [7, 11) is 0. The molecule has 112 valence electrons. The highest BCUT2D eigenvalue weighted by Crippen LogP contribution is 2.12. The molecule has 4 rings (SSSR count). The second-order valence-corrected chi connectivity index (χ2v) is 7.08. The van der Waals surface area contributed by atoms with Gasteiger partial charge in [0.25, 0.3) is 0 Å². The Morgan fingerprint density at radius 2 is 1.70 bits per heavy atom. The zero-order chi connectivity index (χ0) is 15.6. The maximum absolute atomic E-state index is 4.77. The van der Waals surface area contributed by atoms with E-state index in [-0.39, 0.29) is 0 Å². The first-order chi connectivity index (χ1) is 11.3. The predicted molar refractivity (Wildman–Crippen MR) is 99.9 cm³/mol. The summed E-state index contributed by atoms with van der Waals surface area (Å²) in [6.45, 7) is 0. The van der Waals surface area contributed by atoms with Gasteiger partial charge in [0.2, 0.25) is 0 Å². The van der Waals surface area contributed by atoms with Gasteiger partial charge in [-0.15, -0.1) is 0 Å². The molecule has 23 heavy (non-hydrogen) atoms. The summed E-state index contributed by atoms with van der Waals surface area (Å²) in [6, 6.07) is 22.6. The van der Waals surface area contributed by atoms with Crippen LogP contribution >= 0.6 is 27.3 Å². The lowest BCUT2D eigenvalue weighted by Crippen LogP contribution is -2.02. The third-order valence-corrected chi connectivity index (χ3v) is 5.10. The van der Waals surface area contributed by atoms with Crippen LogP contribution < -0.4 is 9.33 Å². The van der Waals surface area contributed by atoms with E-state index in [1.165, 1.54) is 15.6 Å². The highest BCUT2D eigenvalue weighted by molar-refractivity contribution is 9.10. The normalized spacial score (nSPS) is 13.1. The van der Waals surface area contributed by atoms with Gasteiger partial charge < -0.3 is 0 Å². The fourth-order valence-electron chi connectivity index (χ4n) is 2.45. The van der Waals surface area contributed by atoms with Crippen LogP contribution in [0.4, 0.5) is 5.69 Å². The van der Waals surface area contributed by atoms with Crippen molar-refractivity contribution in [2.45, 2.75) is 0 Å². The van der Waals surface area contributed by atoms with E-state index in [2.05, 4.69) is 69.0 Å². The van der Waals surface area contributed by atoms with Crippen LogP contribution in [0, 0.1) is 0 Å². The van der Waals surface area contributed by atoms with Crippen LogP contribution in [0.1, 0.15) is 5.56 Å². The van der Waals surface area contributed by atoms with E-state index >= 15 is 0 Å². The maximum Gasteiger partial charge on any atom is 0.195 e. The summed E-state index contributed by atoms with van der Waals surface area (Å²) in [5.41, 5.74) is 3.34. The molecule has 4 heteroatoms. The fourth-order valence-corrected chi connectivity index (χ4v) is 3.79. The monoisotopic (exact) mass is 380 g/mol. The molecule has 0 aliphatic rings. The molecule has 2 aromatic heterocycles. The Morgan fingerprint density at radius 3 is 2.48 bits per heavy atom. The molecule has 2 aromatic carbocycles. The van der Waals surface area contributed by atoms with E-state index in [1.54, 1.807) is 11.3 Å². The Morgan fingerprint density at radius 1 is 0.913 bits per heavy atom. The molecule has 2 heterocycles. The van der Waals surface area contributed by atoms with Crippen LogP contribution in [0.2, 0.25) is 0 Å². The van der Waals surface area contributed by atoms with Crippen molar-refractivity contribution < 1.29 is 0 Å². The predicted octanol–water partition coefficient (Wildman–Crippen LogP) is 4.54. The number of hydrogen-bond donors (Lipinski definition) is 0. The molecule has 0 saturated carbocycles. The molecule has 0 N–H and O–H groups in total. The lowest BCUT2D eigenvalue weighted by Gasteiger charge is -1.92. The van der Waals surface area contributed by atoms with Gasteiger partial charge in [-0.25, -0.2) is 4.99 Å². The van der Waals surface area contributed by atoms with Gasteiger partial charge in [0, 0.05) is 10.7 Å². The van der Waals surface area contributed by atoms with Gasteiger partial charge in [-0.2, -0.15) is 0 Å². The minimum atomic E-state index is 0.972. The first kappa shape index (κ1) is 14.4. The largest absolute Gasteiger partial charge is 0.292 e. The van der Waals surface area contributed by atoms with Crippen molar-refractivity contribution in [3.63, 3.8) is 0 Å². The third kappa shape index (κ3) is 3.00. The summed E-state index contributed by atoms with van der Waals surface area (Å²) in [5, 5.41) is 0. The van der Waals surface area contributed by atoms with Crippen molar-refractivity contribution >= 4 is 44.5 Å². The number of benzene rings is 2. The van der Waals surface area contributed by atoms with Crippen LogP contribution in [-0.4, -0.2) is 4.40 Å². The Hall–Kier alpha value is -2.17. The minimum Gasteiger partial charge on any atom is -0.292 e. The smallest absolute Gasteiger partial charge is 0.195 e. The van der Waals surface area contributed by atoms with E-state index < -0.39 is 0 Å². The number of rotatable bonds is 2. The van der Waals surface area contributed by atoms with Crippen LogP contribution in [0.3, 0.4) is 0 Å². The molecule has 0 bridgehead atoms. The summed E-state index contributed by atoms with van der Waals surface area (Å²) >= 11 is 5.18. The van der Waals surface area contributed by atoms with Crippen molar-refractivity contribution in [2.75, 3.05) is 0 Å². The molecular formula is C19H13BrN2S. The Bertz CT molecular complexity index is 1060. The highest BCUT2D eigenvalue weighted by Gasteiger charge is 2.02. The molecule has 0 radical (unpaired) electrons. The first-order valence-electron chi connectivity index (χ1n) is 7.26. The van der Waals surface area contributed by atoms with Crippen LogP contribution in [0.15, 0.2) is 82.4 Å². The third-order valence-electron chi connectivity index (χ3n) is 3.56. The second-order valence-electron chi connectivity index (χ2n) is 5.16. The number of hydrogen-bond acceptors (Lipinski definition) is 2. The van der Waals surface area contributed by atoms with Crippen LogP contribution in [0.5, 0.6) is 0 Å². The zero-order valence-electron chi connectivity index (χ0n) is 12.2. The van der Waals surface area contributed by atoms with Crippen molar-refractivity contribution in [1.29, 1.82) is 0 Å². The van der Waals surface area contributed by atoms with E-state index in [4.69, 9.17) is 4.99 Å². The molecule has 0 atom stereocenters. The average Bonchev–Trinajstić information content (AvgIpc) is 3.16. The van der Waals surface area contributed by atoms with E-state index in [0.717, 1.165) is 15.0 Å². The SMILES string of the molecule is Brc1ccc(/C=c2\sc(=Nc3ccccc3)n3cccc23)cc1. The second kappa shape index (κ2) is 6.14. The van der Waals surface area contributed by atoms with Crippen molar-refractivity contribution in [2.24, 2.45) is 4.99 Å². The molecular weight excluding hydrogens is 368 g/mol. The number of nitrogens with zero attached hydrogens (tertiary/aromatic N) is 2. The number of thiazole rings is 1. The quantitative estimate of drug-likeness (QED) is 0.485. The lowest BCUT2D eigenvalue weighted by molar-refractivity contribution is 1.12. The Balaban J connectivity index is 1.91. The van der Waals surface area contributed by atoms with Crippen molar-refractivity contribution in [1.82, 2.24) is 4.40 Å². The number of aromatic nitrogens is 1. The Kier molecular flexibility index (Phi) is 3.85. The molecule has 0 spiro atoms. The summed E-state index contributed by atoms with van der Waals surface area (Å²) in [4.78, 5) is 5.76. The number of halogens is 1. The van der Waals surface area contributed by atoms with Gasteiger partial charge in [-0.05, 0) is 48.0 Å². The van der Waals surface area contributed by atoms with Gasteiger partial charge in [0.05, 0.1) is 15.7 Å². The standard InChI is InChI=1S/C19H13BrN2S/c20-15-10-8-14(9-11-15)13-18-17-7-4-12-22(17)19(23-18)21-16-5-2-1-3-6-16/h1-13H/b18-13-,21-19?. The van der Waals surface area contributed by atoms with Crippen LogP contribution in [-0.2, 0) is 0 Å². The summed E-state index contributed by atoms with van der Waals surface area (Å²) in [6.07, 6.45) is 4.27. The molecule has 4 aromatic rings. The van der Waals surface area contributed by atoms with Gasteiger partial charge in [-0.1, -0.05) is 57.6 Å². The van der Waals surface area contributed by atoms with E-state index in [1.807, 2.05) is 30.3 Å². The van der Waals surface area contributed by atoms with E-state index in [9.17, 15) is 0 Å². The van der Waals surface area contributed by atoms with E-state index in [0.29, 0.717) is 0 Å². The van der Waals surface area contributed by atoms with Crippen molar-refractivity contribution in [3.05, 3.63) is 92.3 Å². The molecule has 0 aliphatic heterocycles. The lowest BCUT2D eigenvalue weighted by atomic mass is 10.2. The molecule has 0 amide bonds. The number of para-hydroxylation sites is 1. The van der Waals surface area contributed by atoms with Crippen LogP contribution in [0.25, 0.3) is 11.6 Å². The topological polar surface area (TPSA) is 16.8 Å². The average molecular weight is 381 g/mol. The number of fused-ring (bicyclic) bond motifs is 1. The minimum absolute atomic E-state index is 0.972. The van der Waals surface area contributed by atoms with Gasteiger partial charge in [-0.3, -0.25) is 4.40 Å². The van der Waals surface area contributed by atoms with Gasteiger partial charge in [0.1, 0.15) is 0 Å². The maximum atomic E-state index is 4.77. The van der Waals surface area contributed by atoms with Gasteiger partial charge >= 0.3 is 0 Å². The Labute approximate surface area is 146 Å². The summed E-state index contributed by atoms with van der Waals surface area (Å²) in [5.74, 6) is 0.